The predicted octanol–water partition coefficient (Wildman–Crippen LogP) is 10.2. The number of hydrogen-bond acceptors (Lipinski definition) is 8. The Balaban J connectivity index is 1.37. The smallest absolute Gasteiger partial charge is 0.319 e. The summed E-state index contributed by atoms with van der Waals surface area (Å²) in [6.45, 7) is 18.7. The van der Waals surface area contributed by atoms with Crippen molar-refractivity contribution in [2.75, 3.05) is 58.1 Å². The number of ether oxygens (including phenoxy) is 3. The van der Waals surface area contributed by atoms with E-state index in [0.29, 0.717) is 68.4 Å². The zero-order valence-corrected chi connectivity index (χ0v) is 35.4. The van der Waals surface area contributed by atoms with Gasteiger partial charge in [-0.15, -0.1) is 5.54 Å². The predicted molar refractivity (Wildman–Crippen MR) is 224 cm³/mol. The maximum Gasteiger partial charge on any atom is 0.319 e. The first-order chi connectivity index (χ1) is 27.0. The monoisotopic (exact) mass is 783 g/mol. The Bertz CT molecular complexity index is 2060. The van der Waals surface area contributed by atoms with Crippen LogP contribution in [0.5, 0.6) is 11.8 Å². The Morgan fingerprint density at radius 3 is 2.30 bits per heavy atom. The lowest BCUT2D eigenvalue weighted by atomic mass is 9.95. The van der Waals surface area contributed by atoms with Gasteiger partial charge in [0.2, 0.25) is 0 Å². The molecule has 1 aliphatic carbocycles. The van der Waals surface area contributed by atoms with Crippen LogP contribution in [0, 0.1) is 34.9 Å². The van der Waals surface area contributed by atoms with Gasteiger partial charge in [-0.3, -0.25) is 4.98 Å². The second-order valence-electron chi connectivity index (χ2n) is 17.3. The number of likely N-dealkylation sites (tertiary alicyclic amines) is 1. The van der Waals surface area contributed by atoms with Crippen molar-refractivity contribution in [1.82, 2.24) is 19.9 Å². The largest absolute Gasteiger partial charge is 0.468 e. The summed E-state index contributed by atoms with van der Waals surface area (Å²) in [4.78, 5) is 19.2. The van der Waals surface area contributed by atoms with Crippen LogP contribution in [0.1, 0.15) is 92.1 Å². The van der Waals surface area contributed by atoms with E-state index in [4.69, 9.17) is 29.2 Å². The molecule has 0 radical (unpaired) electrons. The minimum absolute atomic E-state index is 0.00934. The van der Waals surface area contributed by atoms with Crippen molar-refractivity contribution in [3.8, 4) is 34.5 Å². The quantitative estimate of drug-likeness (QED) is 0.0575. The van der Waals surface area contributed by atoms with E-state index >= 15 is 8.78 Å². The maximum atomic E-state index is 17.5. The molecule has 300 valence electrons. The van der Waals surface area contributed by atoms with Crippen LogP contribution in [0.25, 0.3) is 32.9 Å². The third kappa shape index (κ3) is 8.12. The molecule has 2 atom stereocenters. The molecule has 0 amide bonds. The van der Waals surface area contributed by atoms with Gasteiger partial charge in [-0.1, -0.05) is 60.0 Å². The van der Waals surface area contributed by atoms with Gasteiger partial charge in [-0.2, -0.15) is 9.97 Å². The first-order valence-corrected chi connectivity index (χ1v) is 23.1. The molecule has 8 nitrogen and oxygen atoms in total. The molecule has 4 heterocycles. The molecule has 7 rings (SSSR count). The van der Waals surface area contributed by atoms with Gasteiger partial charge in [0.1, 0.15) is 36.7 Å². The molecular formula is C45H59F2N5O3Si. The molecule has 2 bridgehead atoms. The standard InChI is InChI=1S/C45H59F2N5O3Si/c1-29(2)56(30(3)4,31(5)6)21-16-36-39(46)15-14-34-23-35(55-28-53-7)24-37(40(34)36)42-41(47)43-38(25-48-42)44(52-26-32-12-13-33(22-32)27-52)50-45(49-43)54-20-11-19-51-17-9-8-10-18-51/h14-15,23-25,29-33H,8-13,17-20,22,26-28H2,1-7H3. The summed E-state index contributed by atoms with van der Waals surface area (Å²) in [5.74, 6) is 4.57. The van der Waals surface area contributed by atoms with E-state index in [1.807, 2.05) is 6.07 Å². The summed E-state index contributed by atoms with van der Waals surface area (Å²) in [5.41, 5.74) is 5.55. The van der Waals surface area contributed by atoms with E-state index in [1.165, 1.54) is 44.6 Å². The number of rotatable bonds is 13. The van der Waals surface area contributed by atoms with Crippen molar-refractivity contribution in [2.24, 2.45) is 11.8 Å². The number of hydrogen-bond donors (Lipinski definition) is 0. The van der Waals surface area contributed by atoms with Crippen molar-refractivity contribution in [1.29, 1.82) is 0 Å². The van der Waals surface area contributed by atoms with E-state index in [-0.39, 0.29) is 29.6 Å². The fraction of sp³-hybridized carbons (Fsp3) is 0.578. The van der Waals surface area contributed by atoms with Gasteiger partial charge >= 0.3 is 6.01 Å². The van der Waals surface area contributed by atoms with Crippen LogP contribution >= 0.6 is 0 Å². The zero-order valence-electron chi connectivity index (χ0n) is 34.4. The Hall–Kier alpha value is -3.85. The fourth-order valence-corrected chi connectivity index (χ4v) is 15.3. The number of nitrogens with zero attached hydrogens (tertiary/aromatic N) is 5. The highest BCUT2D eigenvalue weighted by molar-refractivity contribution is 6.90. The van der Waals surface area contributed by atoms with Crippen molar-refractivity contribution in [2.45, 2.75) is 103 Å². The number of benzene rings is 2. The lowest BCUT2D eigenvalue weighted by molar-refractivity contribution is 0.0512. The topological polar surface area (TPSA) is 72.8 Å². The van der Waals surface area contributed by atoms with Gasteiger partial charge in [-0.25, -0.2) is 8.78 Å². The Morgan fingerprint density at radius 1 is 0.911 bits per heavy atom. The molecule has 3 aliphatic rings. The number of fused-ring (bicyclic) bond motifs is 4. The highest BCUT2D eigenvalue weighted by Gasteiger charge is 2.42. The van der Waals surface area contributed by atoms with E-state index in [0.717, 1.165) is 39.1 Å². The summed E-state index contributed by atoms with van der Waals surface area (Å²) >= 11 is 0. The molecule has 2 saturated heterocycles. The Kier molecular flexibility index (Phi) is 12.5. The van der Waals surface area contributed by atoms with Gasteiger partial charge in [0.15, 0.2) is 12.6 Å². The third-order valence-electron chi connectivity index (χ3n) is 12.8. The molecule has 4 aromatic rings. The molecule has 2 unspecified atom stereocenters. The van der Waals surface area contributed by atoms with Crippen LogP contribution in [0.2, 0.25) is 16.6 Å². The molecular weight excluding hydrogens is 725 g/mol. The lowest BCUT2D eigenvalue weighted by Gasteiger charge is -2.38. The SMILES string of the molecule is COCOc1cc(-c2ncc3c(N4CC5CCC(C5)C4)nc(OCCCN4CCCCC4)nc3c2F)c2c(C#C[Si](C(C)C)(C(C)C)C(C)C)c(F)ccc2c1. The number of pyridine rings is 1. The van der Waals surface area contributed by atoms with Crippen molar-refractivity contribution >= 4 is 35.6 Å². The van der Waals surface area contributed by atoms with Crippen molar-refractivity contribution in [3.63, 3.8) is 0 Å². The molecule has 2 aromatic carbocycles. The summed E-state index contributed by atoms with van der Waals surface area (Å²) in [6.07, 6.45) is 9.90. The van der Waals surface area contributed by atoms with Gasteiger partial charge in [0, 0.05) is 43.9 Å². The molecule has 0 spiro atoms. The number of methoxy groups -OCH3 is 1. The van der Waals surface area contributed by atoms with Crippen LogP contribution < -0.4 is 14.4 Å². The lowest BCUT2D eigenvalue weighted by Crippen LogP contribution is -2.43. The van der Waals surface area contributed by atoms with Crippen LogP contribution in [-0.4, -0.2) is 81.2 Å². The fourth-order valence-electron chi connectivity index (χ4n) is 10.1. The number of aromatic nitrogens is 3. The molecule has 0 N–H and O–H groups in total. The highest BCUT2D eigenvalue weighted by atomic mass is 28.3. The first-order valence-electron chi connectivity index (χ1n) is 20.9. The molecule has 3 fully saturated rings. The number of anilines is 1. The Morgan fingerprint density at radius 2 is 1.62 bits per heavy atom. The number of piperidine rings is 2. The molecule has 2 aliphatic heterocycles. The second-order valence-corrected chi connectivity index (χ2v) is 22.8. The summed E-state index contributed by atoms with van der Waals surface area (Å²) in [6, 6.07) is 6.82. The molecule has 56 heavy (non-hydrogen) atoms. The van der Waals surface area contributed by atoms with E-state index in [2.05, 4.69) is 62.8 Å². The Labute approximate surface area is 332 Å². The van der Waals surface area contributed by atoms with Gasteiger partial charge in [-0.05, 0) is 104 Å². The highest BCUT2D eigenvalue weighted by Crippen LogP contribution is 2.44. The first kappa shape index (κ1) is 40.3. The van der Waals surface area contributed by atoms with Crippen molar-refractivity contribution < 1.29 is 23.0 Å². The summed E-state index contributed by atoms with van der Waals surface area (Å²) in [5, 5.41) is 1.69. The molecule has 11 heteroatoms. The zero-order chi connectivity index (χ0) is 39.6. The maximum absolute atomic E-state index is 17.5. The van der Waals surface area contributed by atoms with E-state index in [1.54, 1.807) is 25.4 Å². The summed E-state index contributed by atoms with van der Waals surface area (Å²) < 4.78 is 51.1. The third-order valence-corrected chi connectivity index (χ3v) is 19.0. The van der Waals surface area contributed by atoms with Gasteiger partial charge in [0.05, 0.1) is 17.6 Å². The average Bonchev–Trinajstić information content (AvgIpc) is 3.52. The van der Waals surface area contributed by atoms with Gasteiger partial charge < -0.3 is 24.0 Å². The average molecular weight is 784 g/mol. The minimum atomic E-state index is -2.25. The second kappa shape index (κ2) is 17.3. The van der Waals surface area contributed by atoms with Gasteiger partial charge in [0.25, 0.3) is 0 Å². The van der Waals surface area contributed by atoms with Crippen LogP contribution in [-0.2, 0) is 4.74 Å². The van der Waals surface area contributed by atoms with E-state index < -0.39 is 19.7 Å². The number of halogens is 2. The van der Waals surface area contributed by atoms with Crippen LogP contribution in [0.4, 0.5) is 14.6 Å². The molecule has 2 aromatic heterocycles. The van der Waals surface area contributed by atoms with Crippen molar-refractivity contribution in [3.05, 3.63) is 47.7 Å². The summed E-state index contributed by atoms with van der Waals surface area (Å²) in [7, 11) is -0.705. The normalized spacial score (nSPS) is 19.0. The van der Waals surface area contributed by atoms with Crippen LogP contribution in [0.3, 0.4) is 0 Å². The molecule has 1 saturated carbocycles. The van der Waals surface area contributed by atoms with E-state index in [9.17, 15) is 0 Å². The minimum Gasteiger partial charge on any atom is -0.468 e. The van der Waals surface area contributed by atoms with Crippen LogP contribution in [0.15, 0.2) is 30.5 Å².